The number of carbonyl (C=O) groups is 6. The van der Waals surface area contributed by atoms with E-state index in [-0.39, 0.29) is 55.7 Å². The summed E-state index contributed by atoms with van der Waals surface area (Å²) in [5, 5.41) is 8.21. The maximum absolute atomic E-state index is 13.8. The summed E-state index contributed by atoms with van der Waals surface area (Å²) in [6.45, 7) is 4.44. The van der Waals surface area contributed by atoms with Gasteiger partial charge in [0, 0.05) is 32.8 Å². The van der Waals surface area contributed by atoms with E-state index in [0.717, 1.165) is 0 Å². The van der Waals surface area contributed by atoms with Gasteiger partial charge < -0.3 is 31.5 Å². The van der Waals surface area contributed by atoms with Crippen LogP contribution in [0.25, 0.3) is 0 Å². The Morgan fingerprint density at radius 1 is 1.10 bits per heavy atom. The number of primary amides is 1. The normalized spacial score (nSPS) is 25.3. The van der Waals surface area contributed by atoms with E-state index < -0.39 is 47.8 Å². The number of rotatable bonds is 5. The first-order valence-electron chi connectivity index (χ1n) is 14.1. The summed E-state index contributed by atoms with van der Waals surface area (Å²) in [6, 6.07) is 1.09. The molecule has 4 atom stereocenters. The number of aromatic nitrogens is 1. The maximum Gasteiger partial charge on any atom is 0.270 e. The molecule has 0 unspecified atom stereocenters. The summed E-state index contributed by atoms with van der Waals surface area (Å²) in [7, 11) is 1.47. The van der Waals surface area contributed by atoms with E-state index in [4.69, 9.17) is 5.73 Å². The van der Waals surface area contributed by atoms with Gasteiger partial charge in [0.05, 0.1) is 0 Å². The van der Waals surface area contributed by atoms with Crippen molar-refractivity contribution in [2.75, 3.05) is 20.1 Å². The van der Waals surface area contributed by atoms with Crippen LogP contribution in [0.1, 0.15) is 69.3 Å². The van der Waals surface area contributed by atoms with Gasteiger partial charge in [-0.2, -0.15) is 0 Å². The first-order chi connectivity index (χ1) is 19.5. The van der Waals surface area contributed by atoms with Gasteiger partial charge in [-0.25, -0.2) is 0 Å². The van der Waals surface area contributed by atoms with Crippen LogP contribution in [0.4, 0.5) is 0 Å². The van der Waals surface area contributed by atoms with Crippen molar-refractivity contribution in [2.45, 2.75) is 83.0 Å². The maximum atomic E-state index is 13.8. The highest BCUT2D eigenvalue weighted by molar-refractivity contribution is 5.97. The first kappa shape index (κ1) is 31.5. The Morgan fingerprint density at radius 2 is 1.85 bits per heavy atom. The molecule has 0 aliphatic carbocycles. The molecule has 0 radical (unpaired) electrons. The van der Waals surface area contributed by atoms with Crippen LogP contribution in [0.3, 0.4) is 0 Å². The molecule has 0 saturated carbocycles. The van der Waals surface area contributed by atoms with Crippen molar-refractivity contribution < 1.29 is 28.8 Å². The standard InChI is InChI=1S/C28H41N7O6/c1-17(2)16-22-27(40)32-18(24(29)37)11-12-23(36)35-15-7-10-21(35)26(39)31-14-6-9-20(28(41)34(22)3)33-25(38)19-8-4-5-13-30-19/h4-5,8,13,17-18,20-22H,6-7,9-12,14-16H2,1-3H3,(H2,29,37)(H,31,39)(H,32,40)(H,33,38)/t18-,20-,21+,22-/m0/s1. The zero-order chi connectivity index (χ0) is 30.1. The number of nitrogens with one attached hydrogen (secondary N) is 3. The molecule has 1 aromatic heterocycles. The van der Waals surface area contributed by atoms with Crippen molar-refractivity contribution in [3.63, 3.8) is 0 Å². The van der Waals surface area contributed by atoms with Gasteiger partial charge in [-0.05, 0) is 56.6 Å². The molecule has 41 heavy (non-hydrogen) atoms. The molecule has 0 spiro atoms. The van der Waals surface area contributed by atoms with Crippen LogP contribution >= 0.6 is 0 Å². The quantitative estimate of drug-likeness (QED) is 0.374. The van der Waals surface area contributed by atoms with Gasteiger partial charge in [-0.1, -0.05) is 19.9 Å². The molecule has 2 fully saturated rings. The van der Waals surface area contributed by atoms with E-state index in [0.29, 0.717) is 25.8 Å². The Balaban J connectivity index is 1.91. The highest BCUT2D eigenvalue weighted by Crippen LogP contribution is 2.20. The minimum absolute atomic E-state index is 0.00702. The zero-order valence-electron chi connectivity index (χ0n) is 23.9. The first-order valence-corrected chi connectivity index (χ1v) is 14.1. The lowest BCUT2D eigenvalue weighted by Gasteiger charge is -2.32. The number of nitrogens with zero attached hydrogens (tertiary/aromatic N) is 3. The van der Waals surface area contributed by atoms with Crippen LogP contribution in [-0.4, -0.2) is 94.5 Å². The number of pyridine rings is 1. The van der Waals surface area contributed by atoms with Crippen LogP contribution in [0.15, 0.2) is 24.4 Å². The van der Waals surface area contributed by atoms with Gasteiger partial charge in [0.1, 0.15) is 29.9 Å². The zero-order valence-corrected chi connectivity index (χ0v) is 23.9. The SMILES string of the molecule is CC(C)C[C@H]1C(=O)N[C@H](C(N)=O)CCC(=O)N2CCC[C@@H]2C(=O)NCCC[C@H](NC(=O)c2ccccn2)C(=O)N1C. The number of likely N-dealkylation sites (N-methyl/N-ethyl adjacent to an activating group) is 1. The third-order valence-corrected chi connectivity index (χ3v) is 7.46. The molecule has 13 heteroatoms. The van der Waals surface area contributed by atoms with Gasteiger partial charge in [0.2, 0.25) is 29.5 Å². The summed E-state index contributed by atoms with van der Waals surface area (Å²) in [6.07, 6.45) is 3.33. The molecule has 1 aromatic rings. The predicted molar refractivity (Wildman–Crippen MR) is 149 cm³/mol. The van der Waals surface area contributed by atoms with Crippen LogP contribution < -0.4 is 21.7 Å². The molecule has 0 bridgehead atoms. The smallest absolute Gasteiger partial charge is 0.270 e. The Bertz CT molecular complexity index is 1130. The average molecular weight is 572 g/mol. The molecule has 2 aliphatic rings. The summed E-state index contributed by atoms with van der Waals surface area (Å²) < 4.78 is 0. The van der Waals surface area contributed by atoms with E-state index in [1.807, 2.05) is 13.8 Å². The Hall–Kier alpha value is -4.03. The second kappa shape index (κ2) is 14.6. The predicted octanol–water partition coefficient (Wildman–Crippen LogP) is -0.296. The molecule has 5 N–H and O–H groups in total. The van der Waals surface area contributed by atoms with Crippen LogP contribution in [0.5, 0.6) is 0 Å². The summed E-state index contributed by atoms with van der Waals surface area (Å²) in [5.41, 5.74) is 5.70. The fourth-order valence-corrected chi connectivity index (χ4v) is 5.21. The summed E-state index contributed by atoms with van der Waals surface area (Å²) >= 11 is 0. The van der Waals surface area contributed by atoms with Crippen LogP contribution in [-0.2, 0) is 24.0 Å². The fourth-order valence-electron chi connectivity index (χ4n) is 5.21. The van der Waals surface area contributed by atoms with E-state index in [1.54, 1.807) is 12.1 Å². The van der Waals surface area contributed by atoms with E-state index >= 15 is 0 Å². The lowest BCUT2D eigenvalue weighted by Crippen LogP contribution is -2.57. The monoisotopic (exact) mass is 571 g/mol. The fraction of sp³-hybridized carbons (Fsp3) is 0.607. The molecule has 2 aliphatic heterocycles. The number of nitrogens with two attached hydrogens (primary N) is 1. The summed E-state index contributed by atoms with van der Waals surface area (Å²) in [4.78, 5) is 85.1. The highest BCUT2D eigenvalue weighted by atomic mass is 16.2. The van der Waals surface area contributed by atoms with Crippen molar-refractivity contribution >= 4 is 35.4 Å². The minimum atomic E-state index is -1.14. The molecule has 2 saturated heterocycles. The molecule has 224 valence electrons. The lowest BCUT2D eigenvalue weighted by molar-refractivity contribution is -0.142. The molecule has 13 nitrogen and oxygen atoms in total. The molecule has 3 rings (SSSR count). The lowest BCUT2D eigenvalue weighted by atomic mass is 9.99. The second-order valence-corrected chi connectivity index (χ2v) is 11.0. The summed E-state index contributed by atoms with van der Waals surface area (Å²) in [5.74, 6) is -3.03. The van der Waals surface area contributed by atoms with E-state index in [1.165, 1.54) is 29.1 Å². The largest absolute Gasteiger partial charge is 0.368 e. The van der Waals surface area contributed by atoms with Gasteiger partial charge in [0.15, 0.2) is 0 Å². The third-order valence-electron chi connectivity index (χ3n) is 7.46. The van der Waals surface area contributed by atoms with Crippen molar-refractivity contribution in [3.8, 4) is 0 Å². The Labute approximate surface area is 240 Å². The van der Waals surface area contributed by atoms with Crippen LogP contribution in [0.2, 0.25) is 0 Å². The van der Waals surface area contributed by atoms with Gasteiger partial charge in [0.25, 0.3) is 5.91 Å². The highest BCUT2D eigenvalue weighted by Gasteiger charge is 2.37. The van der Waals surface area contributed by atoms with Gasteiger partial charge >= 0.3 is 0 Å². The topological polar surface area (TPSA) is 184 Å². The number of carbonyl (C=O) groups excluding carboxylic acids is 6. The molecular formula is C28H41N7O6. The van der Waals surface area contributed by atoms with Gasteiger partial charge in [-0.15, -0.1) is 0 Å². The number of hydrogen-bond donors (Lipinski definition) is 4. The van der Waals surface area contributed by atoms with Crippen molar-refractivity contribution in [1.82, 2.24) is 30.7 Å². The number of amides is 6. The average Bonchev–Trinajstić information content (AvgIpc) is 3.44. The Kier molecular flexibility index (Phi) is 11.2. The van der Waals surface area contributed by atoms with Crippen molar-refractivity contribution in [1.29, 1.82) is 0 Å². The van der Waals surface area contributed by atoms with E-state index in [2.05, 4.69) is 20.9 Å². The molecular weight excluding hydrogens is 530 g/mol. The Morgan fingerprint density at radius 3 is 2.51 bits per heavy atom. The number of fused-ring (bicyclic) bond motifs is 1. The molecule has 3 heterocycles. The van der Waals surface area contributed by atoms with Crippen LogP contribution in [0, 0.1) is 5.92 Å². The van der Waals surface area contributed by atoms with Crippen molar-refractivity contribution in [3.05, 3.63) is 30.1 Å². The van der Waals surface area contributed by atoms with Crippen molar-refractivity contribution in [2.24, 2.45) is 11.7 Å². The van der Waals surface area contributed by atoms with Gasteiger partial charge in [-0.3, -0.25) is 33.8 Å². The minimum Gasteiger partial charge on any atom is -0.368 e. The third kappa shape index (κ3) is 8.48. The second-order valence-electron chi connectivity index (χ2n) is 11.0. The number of hydrogen-bond acceptors (Lipinski definition) is 7. The molecule has 0 aromatic carbocycles. The molecule has 6 amide bonds. The van der Waals surface area contributed by atoms with E-state index in [9.17, 15) is 28.8 Å².